The molecule has 1 atom stereocenters. The molecule has 2 aliphatic rings. The number of likely N-dealkylation sites (tertiary alicyclic amines) is 2. The zero-order chi connectivity index (χ0) is 21.1. The van der Waals surface area contributed by atoms with Gasteiger partial charge in [0, 0.05) is 42.0 Å². The Balaban J connectivity index is 1.50. The van der Waals surface area contributed by atoms with Gasteiger partial charge in [-0.3, -0.25) is 9.69 Å². The van der Waals surface area contributed by atoms with Crippen molar-refractivity contribution in [2.75, 3.05) is 26.2 Å². The fourth-order valence-corrected chi connectivity index (χ4v) is 5.80. The molecule has 0 bridgehead atoms. The molecule has 0 N–H and O–H groups in total. The van der Waals surface area contributed by atoms with Crippen LogP contribution in [0.3, 0.4) is 0 Å². The molecule has 3 nitrogen and oxygen atoms in total. The van der Waals surface area contributed by atoms with E-state index < -0.39 is 0 Å². The van der Waals surface area contributed by atoms with E-state index in [1.165, 1.54) is 5.56 Å². The number of piperidine rings is 2. The summed E-state index contributed by atoms with van der Waals surface area (Å²) < 4.78 is 15.1. The number of hydrogen-bond acceptors (Lipinski definition) is 2. The maximum atomic E-state index is 14.3. The molecule has 0 spiro atoms. The standard InChI is InChI=1S/C25H30BrFN2O/c1-19(30)29-13-5-12-25(18-29,21-6-3-2-4-7-21)22-10-14-28(15-11-22)17-20-8-9-23(26)16-24(20)27/h2-4,6-9,16,22H,5,10-15,17-18H2,1H3. The predicted molar refractivity (Wildman–Crippen MR) is 122 cm³/mol. The van der Waals surface area contributed by atoms with Crippen LogP contribution < -0.4 is 0 Å². The summed E-state index contributed by atoms with van der Waals surface area (Å²) in [5, 5.41) is 0. The van der Waals surface area contributed by atoms with E-state index in [1.807, 2.05) is 17.0 Å². The average Bonchev–Trinajstić information content (AvgIpc) is 2.77. The van der Waals surface area contributed by atoms with Crippen LogP contribution in [0.15, 0.2) is 53.0 Å². The first-order chi connectivity index (χ1) is 14.5. The highest BCUT2D eigenvalue weighted by atomic mass is 79.9. The number of amides is 1. The lowest BCUT2D eigenvalue weighted by molar-refractivity contribution is -0.132. The molecule has 1 amide bonds. The first kappa shape index (κ1) is 21.5. The van der Waals surface area contributed by atoms with Crippen LogP contribution in [0.5, 0.6) is 0 Å². The van der Waals surface area contributed by atoms with E-state index in [4.69, 9.17) is 0 Å². The lowest BCUT2D eigenvalue weighted by Crippen LogP contribution is -2.53. The number of carbonyl (C=O) groups is 1. The molecule has 2 heterocycles. The Morgan fingerprint density at radius 3 is 2.53 bits per heavy atom. The fourth-order valence-electron chi connectivity index (χ4n) is 5.46. The van der Waals surface area contributed by atoms with Crippen molar-refractivity contribution in [1.29, 1.82) is 0 Å². The van der Waals surface area contributed by atoms with Crippen LogP contribution in [0.25, 0.3) is 0 Å². The van der Waals surface area contributed by atoms with Crippen molar-refractivity contribution in [2.24, 2.45) is 5.92 Å². The van der Waals surface area contributed by atoms with Crippen LogP contribution in [0.4, 0.5) is 4.39 Å². The molecule has 2 aromatic carbocycles. The van der Waals surface area contributed by atoms with Crippen LogP contribution in [0, 0.1) is 11.7 Å². The quantitative estimate of drug-likeness (QED) is 0.596. The van der Waals surface area contributed by atoms with Gasteiger partial charge in [0.2, 0.25) is 5.91 Å². The molecular formula is C25H30BrFN2O. The second-order valence-electron chi connectivity index (χ2n) is 8.85. The number of benzene rings is 2. The molecule has 2 aliphatic heterocycles. The minimum atomic E-state index is -0.142. The molecule has 4 rings (SSSR count). The van der Waals surface area contributed by atoms with Crippen molar-refractivity contribution >= 4 is 21.8 Å². The Kier molecular flexibility index (Phi) is 6.59. The SMILES string of the molecule is CC(=O)N1CCCC(c2ccccc2)(C2CCN(Cc3ccc(Br)cc3F)CC2)C1. The highest BCUT2D eigenvalue weighted by molar-refractivity contribution is 9.10. The zero-order valence-electron chi connectivity index (χ0n) is 17.6. The Morgan fingerprint density at radius 1 is 1.13 bits per heavy atom. The molecule has 0 saturated carbocycles. The van der Waals surface area contributed by atoms with Crippen molar-refractivity contribution < 1.29 is 9.18 Å². The van der Waals surface area contributed by atoms with Gasteiger partial charge in [-0.1, -0.05) is 52.3 Å². The highest BCUT2D eigenvalue weighted by Crippen LogP contribution is 2.45. The van der Waals surface area contributed by atoms with Crippen LogP contribution in [-0.2, 0) is 16.8 Å². The van der Waals surface area contributed by atoms with Crippen molar-refractivity contribution in [2.45, 2.75) is 44.6 Å². The predicted octanol–water partition coefficient (Wildman–Crippen LogP) is 5.38. The maximum absolute atomic E-state index is 14.3. The summed E-state index contributed by atoms with van der Waals surface area (Å²) in [6, 6.07) is 16.1. The van der Waals surface area contributed by atoms with Crippen LogP contribution in [-0.4, -0.2) is 41.9 Å². The Labute approximate surface area is 187 Å². The monoisotopic (exact) mass is 472 g/mol. The lowest BCUT2D eigenvalue weighted by atomic mass is 9.62. The number of halogens is 2. The normalized spacial score (nSPS) is 23.5. The largest absolute Gasteiger partial charge is 0.342 e. The molecule has 2 fully saturated rings. The highest BCUT2D eigenvalue weighted by Gasteiger charge is 2.45. The van der Waals surface area contributed by atoms with Crippen LogP contribution in [0.1, 0.15) is 43.7 Å². The molecular weight excluding hydrogens is 443 g/mol. The molecule has 5 heteroatoms. The van der Waals surface area contributed by atoms with Gasteiger partial charge in [0.1, 0.15) is 5.82 Å². The third kappa shape index (κ3) is 4.47. The van der Waals surface area contributed by atoms with Gasteiger partial charge < -0.3 is 4.90 Å². The summed E-state index contributed by atoms with van der Waals surface area (Å²) in [5.41, 5.74) is 2.16. The van der Waals surface area contributed by atoms with E-state index in [0.29, 0.717) is 12.5 Å². The Bertz CT molecular complexity index is 882. The molecule has 2 aromatic rings. The van der Waals surface area contributed by atoms with Gasteiger partial charge >= 0.3 is 0 Å². The van der Waals surface area contributed by atoms with E-state index in [1.54, 1.807) is 13.0 Å². The first-order valence-corrected chi connectivity index (χ1v) is 11.7. The summed E-state index contributed by atoms with van der Waals surface area (Å²) >= 11 is 3.33. The van der Waals surface area contributed by atoms with Crippen molar-refractivity contribution in [3.05, 3.63) is 69.9 Å². The molecule has 160 valence electrons. The topological polar surface area (TPSA) is 23.6 Å². The minimum Gasteiger partial charge on any atom is -0.342 e. The molecule has 1 unspecified atom stereocenters. The third-order valence-electron chi connectivity index (χ3n) is 7.10. The van der Waals surface area contributed by atoms with E-state index >= 15 is 0 Å². The summed E-state index contributed by atoms with van der Waals surface area (Å²) in [6.07, 6.45) is 4.35. The summed E-state index contributed by atoms with van der Waals surface area (Å²) in [4.78, 5) is 16.6. The fraction of sp³-hybridized carbons (Fsp3) is 0.480. The van der Waals surface area contributed by atoms with E-state index in [-0.39, 0.29) is 17.1 Å². The second-order valence-corrected chi connectivity index (χ2v) is 9.77. The molecule has 0 radical (unpaired) electrons. The van der Waals surface area contributed by atoms with Crippen molar-refractivity contribution in [3.8, 4) is 0 Å². The van der Waals surface area contributed by atoms with Crippen molar-refractivity contribution in [3.63, 3.8) is 0 Å². The van der Waals surface area contributed by atoms with Gasteiger partial charge in [-0.25, -0.2) is 4.39 Å². The first-order valence-electron chi connectivity index (χ1n) is 11.0. The zero-order valence-corrected chi connectivity index (χ0v) is 19.2. The van der Waals surface area contributed by atoms with Gasteiger partial charge in [-0.15, -0.1) is 0 Å². The van der Waals surface area contributed by atoms with Crippen LogP contribution >= 0.6 is 15.9 Å². The van der Waals surface area contributed by atoms with Gasteiger partial charge in [-0.2, -0.15) is 0 Å². The Hall–Kier alpha value is -1.72. The lowest BCUT2D eigenvalue weighted by Gasteiger charge is -2.50. The summed E-state index contributed by atoms with van der Waals surface area (Å²) in [5.74, 6) is 0.572. The molecule has 0 aliphatic carbocycles. The van der Waals surface area contributed by atoms with E-state index in [0.717, 1.165) is 61.9 Å². The van der Waals surface area contributed by atoms with Gasteiger partial charge in [-0.05, 0) is 62.4 Å². The number of rotatable bonds is 4. The van der Waals surface area contributed by atoms with Crippen molar-refractivity contribution in [1.82, 2.24) is 9.80 Å². The summed E-state index contributed by atoms with van der Waals surface area (Å²) in [6.45, 7) is 5.97. The van der Waals surface area contributed by atoms with Gasteiger partial charge in [0.05, 0.1) is 0 Å². The molecule has 30 heavy (non-hydrogen) atoms. The number of hydrogen-bond donors (Lipinski definition) is 0. The number of nitrogens with zero attached hydrogens (tertiary/aromatic N) is 2. The molecule has 2 saturated heterocycles. The van der Waals surface area contributed by atoms with E-state index in [2.05, 4.69) is 51.2 Å². The third-order valence-corrected chi connectivity index (χ3v) is 7.59. The smallest absolute Gasteiger partial charge is 0.219 e. The molecule has 0 aromatic heterocycles. The van der Waals surface area contributed by atoms with Crippen LogP contribution in [0.2, 0.25) is 0 Å². The van der Waals surface area contributed by atoms with Gasteiger partial charge in [0.15, 0.2) is 0 Å². The average molecular weight is 473 g/mol. The second kappa shape index (κ2) is 9.19. The maximum Gasteiger partial charge on any atom is 0.219 e. The Morgan fingerprint density at radius 2 is 1.87 bits per heavy atom. The minimum absolute atomic E-state index is 0.0279. The van der Waals surface area contributed by atoms with E-state index in [9.17, 15) is 9.18 Å². The summed E-state index contributed by atoms with van der Waals surface area (Å²) in [7, 11) is 0. The number of carbonyl (C=O) groups excluding carboxylic acids is 1. The van der Waals surface area contributed by atoms with Gasteiger partial charge in [0.25, 0.3) is 0 Å².